The van der Waals surface area contributed by atoms with Gasteiger partial charge < -0.3 is 10.1 Å². The third kappa shape index (κ3) is 2.71. The maximum atomic E-state index is 5.41. The molecule has 1 heterocycles. The molecule has 2 heteroatoms. The van der Waals surface area contributed by atoms with Crippen molar-refractivity contribution in [2.75, 3.05) is 20.3 Å². The van der Waals surface area contributed by atoms with E-state index in [1.165, 1.54) is 19.3 Å². The minimum atomic E-state index is 0.400. The van der Waals surface area contributed by atoms with Crippen molar-refractivity contribution < 1.29 is 4.74 Å². The first kappa shape index (κ1) is 12.0. The summed E-state index contributed by atoms with van der Waals surface area (Å²) in [5.74, 6) is 0.795. The lowest BCUT2D eigenvalue weighted by Crippen LogP contribution is -2.47. The Hall–Kier alpha value is -0.0800. The van der Waals surface area contributed by atoms with Crippen LogP contribution in [-0.2, 0) is 4.74 Å². The van der Waals surface area contributed by atoms with Gasteiger partial charge in [-0.1, -0.05) is 20.8 Å². The Balaban J connectivity index is 2.59. The van der Waals surface area contributed by atoms with Gasteiger partial charge in [0, 0.05) is 19.3 Å². The van der Waals surface area contributed by atoms with Gasteiger partial charge in [0.2, 0.25) is 0 Å². The first-order valence-electron chi connectivity index (χ1n) is 5.87. The van der Waals surface area contributed by atoms with Gasteiger partial charge in [-0.05, 0) is 37.6 Å². The molecule has 0 radical (unpaired) electrons. The fourth-order valence-corrected chi connectivity index (χ4v) is 2.53. The molecule has 1 atom stereocenters. The molecule has 0 saturated carbocycles. The quantitative estimate of drug-likeness (QED) is 0.751. The highest BCUT2D eigenvalue weighted by atomic mass is 16.5. The van der Waals surface area contributed by atoms with E-state index in [9.17, 15) is 0 Å². The summed E-state index contributed by atoms with van der Waals surface area (Å²) < 4.78 is 5.41. The molecule has 0 aromatic heterocycles. The fourth-order valence-electron chi connectivity index (χ4n) is 2.53. The molecule has 14 heavy (non-hydrogen) atoms. The highest BCUT2D eigenvalue weighted by Crippen LogP contribution is 2.33. The predicted molar refractivity (Wildman–Crippen MR) is 60.5 cm³/mol. The van der Waals surface area contributed by atoms with Crippen LogP contribution in [0.5, 0.6) is 0 Å². The number of rotatable bonds is 4. The largest absolute Gasteiger partial charge is 0.381 e. The van der Waals surface area contributed by atoms with Crippen molar-refractivity contribution in [3.8, 4) is 0 Å². The van der Waals surface area contributed by atoms with Gasteiger partial charge in [-0.3, -0.25) is 0 Å². The topological polar surface area (TPSA) is 21.3 Å². The van der Waals surface area contributed by atoms with Crippen molar-refractivity contribution in [2.24, 2.45) is 11.3 Å². The summed E-state index contributed by atoms with van der Waals surface area (Å²) in [5.41, 5.74) is 0.400. The molecule has 0 amide bonds. The molecular weight excluding hydrogens is 174 g/mol. The second kappa shape index (κ2) is 5.13. The molecule has 0 aromatic rings. The Kier molecular flexibility index (Phi) is 4.39. The molecule has 1 aliphatic rings. The molecule has 84 valence electrons. The summed E-state index contributed by atoms with van der Waals surface area (Å²) in [4.78, 5) is 0. The fraction of sp³-hybridized carbons (Fsp3) is 1.00. The molecule has 1 rings (SSSR count). The van der Waals surface area contributed by atoms with E-state index in [0.29, 0.717) is 11.5 Å². The Morgan fingerprint density at radius 1 is 1.36 bits per heavy atom. The molecule has 0 bridgehead atoms. The predicted octanol–water partition coefficient (Wildman–Crippen LogP) is 2.44. The zero-order chi connectivity index (χ0) is 10.6. The van der Waals surface area contributed by atoms with Crippen LogP contribution in [0.15, 0.2) is 0 Å². The number of ether oxygens (including phenoxy) is 1. The van der Waals surface area contributed by atoms with Crippen LogP contribution in [-0.4, -0.2) is 26.3 Å². The third-order valence-corrected chi connectivity index (χ3v) is 3.80. The zero-order valence-electron chi connectivity index (χ0n) is 10.1. The van der Waals surface area contributed by atoms with Crippen molar-refractivity contribution in [1.29, 1.82) is 0 Å². The third-order valence-electron chi connectivity index (χ3n) is 3.80. The second-order valence-corrected chi connectivity index (χ2v) is 5.06. The van der Waals surface area contributed by atoms with Crippen LogP contribution in [0, 0.1) is 11.3 Å². The second-order valence-electron chi connectivity index (χ2n) is 5.06. The van der Waals surface area contributed by atoms with Crippen LogP contribution < -0.4 is 5.32 Å². The van der Waals surface area contributed by atoms with Crippen molar-refractivity contribution in [3.63, 3.8) is 0 Å². The summed E-state index contributed by atoms with van der Waals surface area (Å²) in [5, 5.41) is 3.51. The van der Waals surface area contributed by atoms with Gasteiger partial charge in [0.05, 0.1) is 0 Å². The number of hydrogen-bond acceptors (Lipinski definition) is 2. The first-order chi connectivity index (χ1) is 6.61. The Bertz CT molecular complexity index is 162. The van der Waals surface area contributed by atoms with Gasteiger partial charge in [0.1, 0.15) is 0 Å². The van der Waals surface area contributed by atoms with E-state index < -0.39 is 0 Å². The van der Waals surface area contributed by atoms with Gasteiger partial charge in [-0.2, -0.15) is 0 Å². The van der Waals surface area contributed by atoms with Crippen LogP contribution in [0.1, 0.15) is 40.0 Å². The number of hydrogen-bond donors (Lipinski definition) is 1. The van der Waals surface area contributed by atoms with Crippen LogP contribution in [0.25, 0.3) is 0 Å². The van der Waals surface area contributed by atoms with Crippen LogP contribution in [0.3, 0.4) is 0 Å². The van der Waals surface area contributed by atoms with Crippen LogP contribution >= 0.6 is 0 Å². The lowest BCUT2D eigenvalue weighted by Gasteiger charge is -2.40. The molecular formula is C12H25NO. The van der Waals surface area contributed by atoms with Gasteiger partial charge in [-0.25, -0.2) is 0 Å². The molecule has 0 spiro atoms. The molecule has 1 saturated heterocycles. The first-order valence-corrected chi connectivity index (χ1v) is 5.87. The summed E-state index contributed by atoms with van der Waals surface area (Å²) in [6.45, 7) is 8.90. The van der Waals surface area contributed by atoms with Gasteiger partial charge in [-0.15, -0.1) is 0 Å². The minimum absolute atomic E-state index is 0.400. The average molecular weight is 199 g/mol. The summed E-state index contributed by atoms with van der Waals surface area (Å²) in [7, 11) is 2.09. The lowest BCUT2D eigenvalue weighted by molar-refractivity contribution is 0.0325. The van der Waals surface area contributed by atoms with Crippen molar-refractivity contribution >= 4 is 0 Å². The molecule has 1 N–H and O–H groups in total. The molecule has 0 aliphatic carbocycles. The van der Waals surface area contributed by atoms with E-state index in [1.807, 2.05) is 0 Å². The van der Waals surface area contributed by atoms with E-state index in [4.69, 9.17) is 4.74 Å². The average Bonchev–Trinajstić information content (AvgIpc) is 2.20. The standard InChI is InChI=1S/C12H25NO/c1-5-12(2,3)11(13-4)10-6-8-14-9-7-10/h10-11,13H,5-9H2,1-4H3. The lowest BCUT2D eigenvalue weighted by atomic mass is 9.73. The molecule has 1 aliphatic heterocycles. The monoisotopic (exact) mass is 199 g/mol. The molecule has 0 aromatic carbocycles. The van der Waals surface area contributed by atoms with Crippen LogP contribution in [0.4, 0.5) is 0 Å². The van der Waals surface area contributed by atoms with Crippen molar-refractivity contribution in [3.05, 3.63) is 0 Å². The smallest absolute Gasteiger partial charge is 0.0469 e. The summed E-state index contributed by atoms with van der Waals surface area (Å²) >= 11 is 0. The maximum absolute atomic E-state index is 5.41. The van der Waals surface area contributed by atoms with Gasteiger partial charge in [0.15, 0.2) is 0 Å². The van der Waals surface area contributed by atoms with E-state index in [-0.39, 0.29) is 0 Å². The Morgan fingerprint density at radius 2 is 1.93 bits per heavy atom. The normalized spacial score (nSPS) is 22.3. The maximum Gasteiger partial charge on any atom is 0.0469 e. The van der Waals surface area contributed by atoms with E-state index >= 15 is 0 Å². The summed E-state index contributed by atoms with van der Waals surface area (Å²) in [6, 6.07) is 0.636. The van der Waals surface area contributed by atoms with Crippen LogP contribution in [0.2, 0.25) is 0 Å². The minimum Gasteiger partial charge on any atom is -0.381 e. The zero-order valence-corrected chi connectivity index (χ0v) is 10.1. The SMILES string of the molecule is CCC(C)(C)C(NC)C1CCOCC1. The Morgan fingerprint density at radius 3 is 2.36 bits per heavy atom. The Labute approximate surface area is 88.4 Å². The number of nitrogens with one attached hydrogen (secondary N) is 1. The highest BCUT2D eigenvalue weighted by Gasteiger charge is 2.33. The van der Waals surface area contributed by atoms with Gasteiger partial charge in [0.25, 0.3) is 0 Å². The van der Waals surface area contributed by atoms with E-state index in [2.05, 4.69) is 33.1 Å². The van der Waals surface area contributed by atoms with Gasteiger partial charge >= 0.3 is 0 Å². The van der Waals surface area contributed by atoms with Crippen molar-refractivity contribution in [2.45, 2.75) is 46.1 Å². The van der Waals surface area contributed by atoms with E-state index in [0.717, 1.165) is 19.1 Å². The molecule has 2 nitrogen and oxygen atoms in total. The molecule has 1 unspecified atom stereocenters. The van der Waals surface area contributed by atoms with Crippen molar-refractivity contribution in [1.82, 2.24) is 5.32 Å². The molecule has 1 fully saturated rings. The highest BCUT2D eigenvalue weighted by molar-refractivity contribution is 4.88. The van der Waals surface area contributed by atoms with E-state index in [1.54, 1.807) is 0 Å². The summed E-state index contributed by atoms with van der Waals surface area (Å²) in [6.07, 6.45) is 3.67.